The van der Waals surface area contributed by atoms with Gasteiger partial charge in [-0.15, -0.1) is 0 Å². The third kappa shape index (κ3) is 1.68. The monoisotopic (exact) mass is 249 g/mol. The van der Waals surface area contributed by atoms with Gasteiger partial charge in [0.15, 0.2) is 0 Å². The van der Waals surface area contributed by atoms with E-state index in [2.05, 4.69) is 40.2 Å². The first-order valence-electron chi connectivity index (χ1n) is 4.62. The van der Waals surface area contributed by atoms with Gasteiger partial charge in [-0.2, -0.15) is 0 Å². The molecule has 14 heavy (non-hydrogen) atoms. The van der Waals surface area contributed by atoms with E-state index < -0.39 is 0 Å². The molecule has 0 fully saturated rings. The number of benzene rings is 2. The minimum Gasteiger partial charge on any atom is -0.324 e. The van der Waals surface area contributed by atoms with E-state index in [0.29, 0.717) is 0 Å². The van der Waals surface area contributed by atoms with Crippen molar-refractivity contribution in [1.82, 2.24) is 0 Å². The molecule has 0 aromatic heterocycles. The summed E-state index contributed by atoms with van der Waals surface area (Å²) in [5.74, 6) is 0. The lowest BCUT2D eigenvalue weighted by Crippen LogP contribution is -2.04. The highest BCUT2D eigenvalue weighted by Crippen LogP contribution is 2.26. The van der Waals surface area contributed by atoms with Crippen molar-refractivity contribution in [3.8, 4) is 0 Å². The van der Waals surface area contributed by atoms with E-state index in [-0.39, 0.29) is 6.04 Å². The van der Waals surface area contributed by atoms with Crippen LogP contribution in [0.1, 0.15) is 18.5 Å². The molecule has 0 amide bonds. The molecule has 0 heterocycles. The normalized spacial score (nSPS) is 13.1. The van der Waals surface area contributed by atoms with Crippen molar-refractivity contribution < 1.29 is 0 Å². The lowest BCUT2D eigenvalue weighted by atomic mass is 10.0. The second-order valence-electron chi connectivity index (χ2n) is 3.51. The summed E-state index contributed by atoms with van der Waals surface area (Å²) in [6.07, 6.45) is 0. The van der Waals surface area contributed by atoms with Crippen LogP contribution < -0.4 is 5.73 Å². The first-order valence-corrected chi connectivity index (χ1v) is 5.41. The molecule has 0 radical (unpaired) electrons. The molecule has 2 rings (SSSR count). The van der Waals surface area contributed by atoms with E-state index in [1.807, 2.05) is 19.1 Å². The highest BCUT2D eigenvalue weighted by molar-refractivity contribution is 9.10. The molecule has 2 aromatic carbocycles. The molecule has 0 spiro atoms. The summed E-state index contributed by atoms with van der Waals surface area (Å²) in [6, 6.07) is 12.6. The molecule has 2 aromatic rings. The standard InChI is InChI=1S/C12H12BrN/c1-8(14)10-6-5-9-3-2-4-12(13)11(9)7-10/h2-8H,14H2,1H3. The molecule has 0 aliphatic rings. The second-order valence-corrected chi connectivity index (χ2v) is 4.36. The maximum absolute atomic E-state index is 5.84. The lowest BCUT2D eigenvalue weighted by Gasteiger charge is -2.07. The van der Waals surface area contributed by atoms with Crippen molar-refractivity contribution in [3.63, 3.8) is 0 Å². The van der Waals surface area contributed by atoms with Gasteiger partial charge in [0.25, 0.3) is 0 Å². The summed E-state index contributed by atoms with van der Waals surface area (Å²) in [4.78, 5) is 0. The van der Waals surface area contributed by atoms with Gasteiger partial charge >= 0.3 is 0 Å². The largest absolute Gasteiger partial charge is 0.324 e. The van der Waals surface area contributed by atoms with Gasteiger partial charge < -0.3 is 5.73 Å². The van der Waals surface area contributed by atoms with Gasteiger partial charge in [0.2, 0.25) is 0 Å². The second kappa shape index (κ2) is 3.71. The van der Waals surface area contributed by atoms with Gasteiger partial charge in [0.1, 0.15) is 0 Å². The van der Waals surface area contributed by atoms with Crippen LogP contribution in [0.5, 0.6) is 0 Å². The summed E-state index contributed by atoms with van der Waals surface area (Å²) in [7, 11) is 0. The van der Waals surface area contributed by atoms with Crippen molar-refractivity contribution in [3.05, 3.63) is 46.4 Å². The van der Waals surface area contributed by atoms with E-state index in [1.165, 1.54) is 16.3 Å². The van der Waals surface area contributed by atoms with E-state index in [0.717, 1.165) is 4.47 Å². The minimum absolute atomic E-state index is 0.0894. The molecule has 1 atom stereocenters. The highest BCUT2D eigenvalue weighted by Gasteiger charge is 2.02. The maximum atomic E-state index is 5.84. The first-order chi connectivity index (χ1) is 6.68. The molecule has 1 unspecified atom stereocenters. The zero-order valence-corrected chi connectivity index (χ0v) is 9.58. The van der Waals surface area contributed by atoms with Crippen molar-refractivity contribution in [2.75, 3.05) is 0 Å². The minimum atomic E-state index is 0.0894. The molecule has 0 aliphatic heterocycles. The fraction of sp³-hybridized carbons (Fsp3) is 0.167. The molecule has 2 N–H and O–H groups in total. The zero-order chi connectivity index (χ0) is 10.1. The van der Waals surface area contributed by atoms with Gasteiger partial charge in [-0.3, -0.25) is 0 Å². The molecule has 72 valence electrons. The molecular weight excluding hydrogens is 238 g/mol. The van der Waals surface area contributed by atoms with Crippen LogP contribution in [0.4, 0.5) is 0 Å². The van der Waals surface area contributed by atoms with Crippen LogP contribution in [0.2, 0.25) is 0 Å². The van der Waals surface area contributed by atoms with Crippen LogP contribution in [-0.4, -0.2) is 0 Å². The van der Waals surface area contributed by atoms with E-state index >= 15 is 0 Å². The van der Waals surface area contributed by atoms with Crippen molar-refractivity contribution in [2.45, 2.75) is 13.0 Å². The fourth-order valence-corrected chi connectivity index (χ4v) is 2.03. The van der Waals surface area contributed by atoms with E-state index in [1.54, 1.807) is 0 Å². The molecule has 1 nitrogen and oxygen atoms in total. The SMILES string of the molecule is CC(N)c1ccc2cccc(Br)c2c1. The topological polar surface area (TPSA) is 26.0 Å². The number of hydrogen-bond donors (Lipinski definition) is 1. The third-order valence-corrected chi connectivity index (χ3v) is 3.07. The van der Waals surface area contributed by atoms with Gasteiger partial charge in [-0.25, -0.2) is 0 Å². The van der Waals surface area contributed by atoms with Crippen LogP contribution in [-0.2, 0) is 0 Å². The Morgan fingerprint density at radius 2 is 2.00 bits per heavy atom. The summed E-state index contributed by atoms with van der Waals surface area (Å²) >= 11 is 3.54. The highest BCUT2D eigenvalue weighted by atomic mass is 79.9. The van der Waals surface area contributed by atoms with Gasteiger partial charge in [0, 0.05) is 10.5 Å². The summed E-state index contributed by atoms with van der Waals surface area (Å²) in [5.41, 5.74) is 7.01. The van der Waals surface area contributed by atoms with Crippen LogP contribution >= 0.6 is 15.9 Å². The average Bonchev–Trinajstić information content (AvgIpc) is 2.18. The van der Waals surface area contributed by atoms with Crippen molar-refractivity contribution >= 4 is 26.7 Å². The molecule has 0 aliphatic carbocycles. The van der Waals surface area contributed by atoms with Crippen LogP contribution in [0.25, 0.3) is 10.8 Å². The smallest absolute Gasteiger partial charge is 0.0266 e. The van der Waals surface area contributed by atoms with E-state index in [4.69, 9.17) is 5.73 Å². The Morgan fingerprint density at radius 3 is 2.71 bits per heavy atom. The Labute approximate surface area is 92.1 Å². The zero-order valence-electron chi connectivity index (χ0n) is 8.00. The predicted molar refractivity (Wildman–Crippen MR) is 64.3 cm³/mol. The van der Waals surface area contributed by atoms with Crippen molar-refractivity contribution in [2.24, 2.45) is 5.73 Å². The quantitative estimate of drug-likeness (QED) is 0.821. The molecule has 0 saturated heterocycles. The van der Waals surface area contributed by atoms with E-state index in [9.17, 15) is 0 Å². The Morgan fingerprint density at radius 1 is 1.21 bits per heavy atom. The van der Waals surface area contributed by atoms with Crippen LogP contribution in [0, 0.1) is 0 Å². The Kier molecular flexibility index (Phi) is 2.57. The van der Waals surface area contributed by atoms with Gasteiger partial charge in [-0.05, 0) is 35.4 Å². The Balaban J connectivity index is 2.70. The lowest BCUT2D eigenvalue weighted by molar-refractivity contribution is 0.820. The first kappa shape index (κ1) is 9.69. The Hall–Kier alpha value is -0.860. The number of fused-ring (bicyclic) bond motifs is 1. The summed E-state index contributed by atoms with van der Waals surface area (Å²) in [5, 5.41) is 2.46. The van der Waals surface area contributed by atoms with Crippen LogP contribution in [0.3, 0.4) is 0 Å². The number of rotatable bonds is 1. The van der Waals surface area contributed by atoms with Crippen molar-refractivity contribution in [1.29, 1.82) is 0 Å². The number of halogens is 1. The molecule has 0 saturated carbocycles. The fourth-order valence-electron chi connectivity index (χ4n) is 1.54. The maximum Gasteiger partial charge on any atom is 0.0266 e. The summed E-state index contributed by atoms with van der Waals surface area (Å²) < 4.78 is 1.12. The van der Waals surface area contributed by atoms with Gasteiger partial charge in [0.05, 0.1) is 0 Å². The van der Waals surface area contributed by atoms with Crippen LogP contribution in [0.15, 0.2) is 40.9 Å². The average molecular weight is 250 g/mol. The third-order valence-electron chi connectivity index (χ3n) is 2.38. The van der Waals surface area contributed by atoms with Gasteiger partial charge in [-0.1, -0.05) is 40.2 Å². The molecular formula is C12H12BrN. The molecule has 2 heteroatoms. The number of hydrogen-bond acceptors (Lipinski definition) is 1. The Bertz CT molecular complexity index is 463. The number of nitrogens with two attached hydrogens (primary N) is 1. The summed E-state index contributed by atoms with van der Waals surface area (Å²) in [6.45, 7) is 2.00. The molecule has 0 bridgehead atoms. The predicted octanol–water partition coefficient (Wildman–Crippen LogP) is 3.62.